The second kappa shape index (κ2) is 7.72. The third-order valence-corrected chi connectivity index (χ3v) is 5.67. The summed E-state index contributed by atoms with van der Waals surface area (Å²) >= 11 is 6.52. The van der Waals surface area contributed by atoms with Gasteiger partial charge in [-0.15, -0.1) is 0 Å². The molecular formula is C23H23ClN2O2. The van der Waals surface area contributed by atoms with Crippen LogP contribution in [0, 0.1) is 6.92 Å². The molecule has 1 amide bonds. The lowest BCUT2D eigenvalue weighted by atomic mass is 10.1. The molecule has 1 aliphatic rings. The number of ether oxygens (including phenoxy) is 1. The van der Waals surface area contributed by atoms with Crippen LogP contribution in [-0.4, -0.2) is 35.6 Å². The molecule has 0 saturated carbocycles. The number of carbonyl (C=O) groups excluding carboxylic acids is 1. The molecule has 1 saturated heterocycles. The van der Waals surface area contributed by atoms with E-state index >= 15 is 0 Å². The van der Waals surface area contributed by atoms with Crippen LogP contribution in [0.3, 0.4) is 0 Å². The number of methoxy groups -OCH3 is 1. The summed E-state index contributed by atoms with van der Waals surface area (Å²) < 4.78 is 7.36. The van der Waals surface area contributed by atoms with Gasteiger partial charge in [0, 0.05) is 18.8 Å². The number of rotatable bonds is 4. The van der Waals surface area contributed by atoms with E-state index < -0.39 is 0 Å². The van der Waals surface area contributed by atoms with Gasteiger partial charge in [0.2, 0.25) is 0 Å². The molecule has 0 spiro atoms. The molecule has 3 aromatic rings. The quantitative estimate of drug-likeness (QED) is 0.597. The van der Waals surface area contributed by atoms with Crippen molar-refractivity contribution in [3.8, 4) is 22.7 Å². The average molecular weight is 395 g/mol. The summed E-state index contributed by atoms with van der Waals surface area (Å²) in [4.78, 5) is 15.1. The number of nitrogens with zero attached hydrogens (tertiary/aromatic N) is 2. The van der Waals surface area contributed by atoms with Gasteiger partial charge in [-0.3, -0.25) is 4.79 Å². The number of aromatic nitrogens is 1. The van der Waals surface area contributed by atoms with Gasteiger partial charge in [-0.05, 0) is 67.8 Å². The molecule has 0 radical (unpaired) electrons. The first-order chi connectivity index (χ1) is 13.6. The zero-order valence-corrected chi connectivity index (χ0v) is 16.9. The lowest BCUT2D eigenvalue weighted by molar-refractivity contribution is 0.0792. The van der Waals surface area contributed by atoms with Crippen molar-refractivity contribution < 1.29 is 9.53 Å². The molecule has 4 rings (SSSR count). The number of hydrogen-bond donors (Lipinski definition) is 0. The first-order valence-corrected chi connectivity index (χ1v) is 9.89. The van der Waals surface area contributed by atoms with Crippen LogP contribution in [0.1, 0.15) is 28.9 Å². The van der Waals surface area contributed by atoms with Gasteiger partial charge >= 0.3 is 0 Å². The fourth-order valence-electron chi connectivity index (χ4n) is 3.83. The van der Waals surface area contributed by atoms with Crippen molar-refractivity contribution in [2.24, 2.45) is 0 Å². The number of hydrogen-bond acceptors (Lipinski definition) is 2. The molecule has 0 atom stereocenters. The van der Waals surface area contributed by atoms with Gasteiger partial charge in [0.25, 0.3) is 5.91 Å². The van der Waals surface area contributed by atoms with Crippen LogP contribution >= 0.6 is 11.6 Å². The van der Waals surface area contributed by atoms with Gasteiger partial charge in [-0.1, -0.05) is 23.7 Å². The normalized spacial score (nSPS) is 13.8. The molecule has 2 aromatic carbocycles. The van der Waals surface area contributed by atoms with Crippen LogP contribution in [0.25, 0.3) is 16.9 Å². The Morgan fingerprint density at radius 1 is 1.04 bits per heavy atom. The lowest BCUT2D eigenvalue weighted by Crippen LogP contribution is -2.27. The summed E-state index contributed by atoms with van der Waals surface area (Å²) in [6.07, 6.45) is 2.14. The predicted molar refractivity (Wildman–Crippen MR) is 113 cm³/mol. The highest BCUT2D eigenvalue weighted by Crippen LogP contribution is 2.34. The Kier molecular flexibility index (Phi) is 5.14. The fourth-order valence-corrected chi connectivity index (χ4v) is 4.05. The molecule has 1 aromatic heterocycles. The van der Waals surface area contributed by atoms with Crippen LogP contribution in [0.15, 0.2) is 54.6 Å². The minimum absolute atomic E-state index is 0.0931. The summed E-state index contributed by atoms with van der Waals surface area (Å²) in [5.74, 6) is 0.889. The van der Waals surface area contributed by atoms with Crippen molar-refractivity contribution in [2.45, 2.75) is 19.8 Å². The largest absolute Gasteiger partial charge is 0.497 e. The van der Waals surface area contributed by atoms with Crippen LogP contribution in [-0.2, 0) is 0 Å². The number of amides is 1. The predicted octanol–water partition coefficient (Wildman–Crippen LogP) is 5.35. The second-order valence-corrected chi connectivity index (χ2v) is 7.45. The number of likely N-dealkylation sites (tertiary alicyclic amines) is 1. The first kappa shape index (κ1) is 18.6. The van der Waals surface area contributed by atoms with Crippen LogP contribution in [0.2, 0.25) is 5.02 Å². The van der Waals surface area contributed by atoms with E-state index in [1.807, 2.05) is 66.4 Å². The maximum absolute atomic E-state index is 13.1. The molecule has 5 heteroatoms. The minimum atomic E-state index is 0.0931. The van der Waals surface area contributed by atoms with Crippen molar-refractivity contribution in [1.82, 2.24) is 9.47 Å². The summed E-state index contributed by atoms with van der Waals surface area (Å²) in [5.41, 5.74) is 4.44. The third kappa shape index (κ3) is 3.29. The van der Waals surface area contributed by atoms with E-state index in [4.69, 9.17) is 16.3 Å². The molecule has 4 nitrogen and oxygen atoms in total. The van der Waals surface area contributed by atoms with E-state index in [9.17, 15) is 4.79 Å². The summed E-state index contributed by atoms with van der Waals surface area (Å²) in [7, 11) is 1.65. The second-order valence-electron chi connectivity index (χ2n) is 7.04. The van der Waals surface area contributed by atoms with E-state index in [0.717, 1.165) is 59.9 Å². The maximum atomic E-state index is 13.1. The third-order valence-electron chi connectivity index (χ3n) is 5.35. The van der Waals surface area contributed by atoms with Crippen molar-refractivity contribution in [3.05, 3.63) is 70.9 Å². The Hall–Kier alpha value is -2.72. The van der Waals surface area contributed by atoms with Crippen LogP contribution < -0.4 is 4.74 Å². The van der Waals surface area contributed by atoms with Crippen molar-refractivity contribution in [2.75, 3.05) is 20.2 Å². The topological polar surface area (TPSA) is 34.5 Å². The van der Waals surface area contributed by atoms with Crippen molar-refractivity contribution >= 4 is 17.5 Å². The van der Waals surface area contributed by atoms with Gasteiger partial charge in [0.1, 0.15) is 5.75 Å². The minimum Gasteiger partial charge on any atom is -0.497 e. The monoisotopic (exact) mass is 394 g/mol. The Labute approximate surface area is 170 Å². The standard InChI is InChI=1S/C23H23ClN2O2/c1-16-19(23(27)25-13-5-6-14-25)15-22(17-9-11-18(28-2)12-10-17)26(16)21-8-4-3-7-20(21)24/h3-4,7-12,15H,5-6,13-14H2,1-2H3. The van der Waals surface area contributed by atoms with Crippen LogP contribution in [0.5, 0.6) is 5.75 Å². The Morgan fingerprint density at radius 3 is 2.36 bits per heavy atom. The van der Waals surface area contributed by atoms with E-state index in [-0.39, 0.29) is 5.91 Å². The molecule has 0 N–H and O–H groups in total. The van der Waals surface area contributed by atoms with Crippen molar-refractivity contribution in [3.63, 3.8) is 0 Å². The Bertz CT molecular complexity index is 1000. The highest BCUT2D eigenvalue weighted by atomic mass is 35.5. The van der Waals surface area contributed by atoms with E-state index in [1.54, 1.807) is 7.11 Å². The van der Waals surface area contributed by atoms with Crippen LogP contribution in [0.4, 0.5) is 0 Å². The molecule has 2 heterocycles. The lowest BCUT2D eigenvalue weighted by Gasteiger charge is -2.16. The molecule has 28 heavy (non-hydrogen) atoms. The summed E-state index contributed by atoms with van der Waals surface area (Å²) in [6.45, 7) is 3.64. The zero-order valence-electron chi connectivity index (χ0n) is 16.1. The maximum Gasteiger partial charge on any atom is 0.255 e. The number of halogens is 1. The van der Waals surface area contributed by atoms with Crippen molar-refractivity contribution in [1.29, 1.82) is 0 Å². The highest BCUT2D eigenvalue weighted by Gasteiger charge is 2.25. The average Bonchev–Trinajstić information content (AvgIpc) is 3.37. The smallest absolute Gasteiger partial charge is 0.255 e. The summed E-state index contributed by atoms with van der Waals surface area (Å²) in [6, 6.07) is 17.6. The molecule has 1 fully saturated rings. The molecule has 1 aliphatic heterocycles. The van der Waals surface area contributed by atoms with Gasteiger partial charge in [-0.2, -0.15) is 0 Å². The molecular weight excluding hydrogens is 372 g/mol. The van der Waals surface area contributed by atoms with Gasteiger partial charge in [0.15, 0.2) is 0 Å². The van der Waals surface area contributed by atoms with Gasteiger partial charge in [0.05, 0.1) is 29.1 Å². The molecule has 0 bridgehead atoms. The van der Waals surface area contributed by atoms with E-state index in [0.29, 0.717) is 5.02 Å². The number of benzene rings is 2. The van der Waals surface area contributed by atoms with Gasteiger partial charge in [-0.25, -0.2) is 0 Å². The Morgan fingerprint density at radius 2 is 1.71 bits per heavy atom. The first-order valence-electron chi connectivity index (χ1n) is 9.51. The zero-order chi connectivity index (χ0) is 19.7. The number of carbonyl (C=O) groups is 1. The summed E-state index contributed by atoms with van der Waals surface area (Å²) in [5, 5.41) is 0.649. The van der Waals surface area contributed by atoms with Gasteiger partial charge < -0.3 is 14.2 Å². The molecule has 0 unspecified atom stereocenters. The Balaban J connectivity index is 1.88. The highest BCUT2D eigenvalue weighted by molar-refractivity contribution is 6.32. The molecule has 0 aliphatic carbocycles. The molecule has 144 valence electrons. The fraction of sp³-hybridized carbons (Fsp3) is 0.261. The van der Waals surface area contributed by atoms with E-state index in [2.05, 4.69) is 4.57 Å². The number of para-hydroxylation sites is 1. The van der Waals surface area contributed by atoms with E-state index in [1.165, 1.54) is 0 Å². The SMILES string of the molecule is COc1ccc(-c2cc(C(=O)N3CCCC3)c(C)n2-c2ccccc2Cl)cc1.